The van der Waals surface area contributed by atoms with E-state index < -0.39 is 0 Å². The van der Waals surface area contributed by atoms with Crippen LogP contribution >= 0.6 is 0 Å². The van der Waals surface area contributed by atoms with E-state index >= 15 is 0 Å². The first-order chi connectivity index (χ1) is 6.09. The van der Waals surface area contributed by atoms with Gasteiger partial charge in [0.25, 0.3) is 0 Å². The minimum Gasteiger partial charge on any atom is -0.370 e. The minimum atomic E-state index is -0.118. The van der Waals surface area contributed by atoms with E-state index in [1.165, 1.54) is 4.90 Å². The summed E-state index contributed by atoms with van der Waals surface area (Å²) in [5, 5.41) is 17.4. The molecule has 5 nitrogen and oxygen atoms in total. The lowest BCUT2D eigenvalue weighted by Gasteiger charge is -2.18. The van der Waals surface area contributed by atoms with Gasteiger partial charge in [0.05, 0.1) is 0 Å². The van der Waals surface area contributed by atoms with E-state index in [0.29, 0.717) is 0 Å². The second kappa shape index (κ2) is 6.28. The molecule has 13 heavy (non-hydrogen) atoms. The molecular weight excluding hydrogens is 166 g/mol. The van der Waals surface area contributed by atoms with Gasteiger partial charge in [0.15, 0.2) is 11.9 Å². The van der Waals surface area contributed by atoms with Crippen LogP contribution in [0.3, 0.4) is 0 Å². The molecule has 5 heteroatoms. The van der Waals surface area contributed by atoms with Crippen molar-refractivity contribution in [3.05, 3.63) is 0 Å². The van der Waals surface area contributed by atoms with Crippen LogP contribution in [-0.4, -0.2) is 30.4 Å². The van der Waals surface area contributed by atoms with Gasteiger partial charge >= 0.3 is 0 Å². The molecule has 0 aliphatic heterocycles. The lowest BCUT2D eigenvalue weighted by atomic mass is 10.2. The summed E-state index contributed by atoms with van der Waals surface area (Å²) in [6, 6.07) is 0. The Morgan fingerprint density at radius 1 is 1.38 bits per heavy atom. The zero-order chi connectivity index (χ0) is 10.3. The van der Waals surface area contributed by atoms with Gasteiger partial charge in [-0.25, -0.2) is 0 Å². The van der Waals surface area contributed by atoms with E-state index in [2.05, 4.69) is 12.2 Å². The Hall–Kier alpha value is -1.26. The Morgan fingerprint density at radius 3 is 2.46 bits per heavy atom. The second-order valence-corrected chi connectivity index (χ2v) is 2.93. The maximum absolute atomic E-state index is 7.45. The molecule has 0 atom stereocenters. The first kappa shape index (κ1) is 11.7. The van der Waals surface area contributed by atoms with Crippen LogP contribution < -0.4 is 11.1 Å². The van der Waals surface area contributed by atoms with Crippen molar-refractivity contribution in [3.8, 4) is 0 Å². The molecule has 0 rings (SSSR count). The van der Waals surface area contributed by atoms with Crippen molar-refractivity contribution >= 4 is 11.9 Å². The standard InChI is InChI=1S/C8H19N5/c1-3-4-5-6-12-8(11)13(2)7(9)10/h3-6H2,1-2H3,(H3,9,10)(H2,11,12). The maximum Gasteiger partial charge on any atom is 0.197 e. The minimum absolute atomic E-state index is 0.118. The number of nitrogens with two attached hydrogens (primary N) is 1. The second-order valence-electron chi connectivity index (χ2n) is 2.93. The van der Waals surface area contributed by atoms with Gasteiger partial charge in [-0.3, -0.25) is 15.7 Å². The van der Waals surface area contributed by atoms with Crippen molar-refractivity contribution in [1.29, 1.82) is 10.8 Å². The molecule has 5 N–H and O–H groups in total. The summed E-state index contributed by atoms with van der Waals surface area (Å²) >= 11 is 0. The van der Waals surface area contributed by atoms with Crippen molar-refractivity contribution in [1.82, 2.24) is 10.2 Å². The Morgan fingerprint density at radius 2 is 2.00 bits per heavy atom. The van der Waals surface area contributed by atoms with Gasteiger partial charge < -0.3 is 11.1 Å². The molecule has 0 aliphatic carbocycles. The molecule has 0 aromatic heterocycles. The van der Waals surface area contributed by atoms with E-state index in [1.807, 2.05) is 0 Å². The molecular formula is C8H19N5. The number of hydrogen-bond acceptors (Lipinski definition) is 2. The smallest absolute Gasteiger partial charge is 0.197 e. The normalized spacial score (nSPS) is 9.38. The molecule has 0 aliphatic rings. The van der Waals surface area contributed by atoms with Crippen LogP contribution in [-0.2, 0) is 0 Å². The summed E-state index contributed by atoms with van der Waals surface area (Å²) in [7, 11) is 1.59. The summed E-state index contributed by atoms with van der Waals surface area (Å²) in [6.07, 6.45) is 3.37. The average Bonchev–Trinajstić information content (AvgIpc) is 2.10. The summed E-state index contributed by atoms with van der Waals surface area (Å²) in [6.45, 7) is 2.90. The van der Waals surface area contributed by atoms with Crippen molar-refractivity contribution in [2.75, 3.05) is 13.6 Å². The highest BCUT2D eigenvalue weighted by Crippen LogP contribution is 1.91. The molecule has 0 amide bonds. The molecule has 0 aromatic carbocycles. The van der Waals surface area contributed by atoms with E-state index in [-0.39, 0.29) is 11.9 Å². The Balaban J connectivity index is 3.56. The van der Waals surface area contributed by atoms with Crippen LogP contribution in [0, 0.1) is 10.8 Å². The number of nitrogens with one attached hydrogen (secondary N) is 3. The molecule has 0 saturated carbocycles. The third-order valence-corrected chi connectivity index (χ3v) is 1.77. The summed E-state index contributed by atoms with van der Waals surface area (Å²) in [5.74, 6) is 0.0663. The lowest BCUT2D eigenvalue weighted by Crippen LogP contribution is -2.45. The van der Waals surface area contributed by atoms with Crippen LogP contribution in [0.25, 0.3) is 0 Å². The topological polar surface area (TPSA) is 89.0 Å². The predicted octanol–water partition coefficient (Wildman–Crippen LogP) is 0.526. The van der Waals surface area contributed by atoms with Crippen LogP contribution in [0.1, 0.15) is 26.2 Å². The van der Waals surface area contributed by atoms with Gasteiger partial charge in [0.2, 0.25) is 0 Å². The molecule has 76 valence electrons. The van der Waals surface area contributed by atoms with Crippen LogP contribution in [0.15, 0.2) is 0 Å². The number of nitrogens with zero attached hydrogens (tertiary/aromatic N) is 1. The third-order valence-electron chi connectivity index (χ3n) is 1.77. The number of guanidine groups is 2. The van der Waals surface area contributed by atoms with Gasteiger partial charge in [-0.2, -0.15) is 0 Å². The Bertz CT molecular complexity index is 177. The zero-order valence-corrected chi connectivity index (χ0v) is 8.35. The molecule has 0 fully saturated rings. The van der Waals surface area contributed by atoms with Crippen LogP contribution in [0.4, 0.5) is 0 Å². The van der Waals surface area contributed by atoms with Gasteiger partial charge in [-0.15, -0.1) is 0 Å². The fourth-order valence-electron chi connectivity index (χ4n) is 0.821. The first-order valence-electron chi connectivity index (χ1n) is 4.49. The molecule has 0 saturated heterocycles. The van der Waals surface area contributed by atoms with Gasteiger partial charge in [-0.05, 0) is 6.42 Å². The lowest BCUT2D eigenvalue weighted by molar-refractivity contribution is 0.636. The van der Waals surface area contributed by atoms with E-state index in [9.17, 15) is 0 Å². The summed E-state index contributed by atoms with van der Waals surface area (Å²) in [5.41, 5.74) is 5.20. The first-order valence-corrected chi connectivity index (χ1v) is 4.49. The Kier molecular flexibility index (Phi) is 5.67. The van der Waals surface area contributed by atoms with Crippen molar-refractivity contribution in [2.45, 2.75) is 26.2 Å². The molecule has 0 unspecified atom stereocenters. The van der Waals surface area contributed by atoms with Gasteiger partial charge in [0, 0.05) is 13.6 Å². The highest BCUT2D eigenvalue weighted by atomic mass is 15.3. The Labute approximate surface area is 79.3 Å². The van der Waals surface area contributed by atoms with Crippen molar-refractivity contribution in [2.24, 2.45) is 5.73 Å². The molecule has 0 aromatic rings. The monoisotopic (exact) mass is 185 g/mol. The van der Waals surface area contributed by atoms with E-state index in [4.69, 9.17) is 16.6 Å². The predicted molar refractivity (Wildman–Crippen MR) is 54.9 cm³/mol. The molecule has 0 heterocycles. The van der Waals surface area contributed by atoms with Crippen LogP contribution in [0.5, 0.6) is 0 Å². The average molecular weight is 185 g/mol. The molecule has 0 spiro atoms. The largest absolute Gasteiger partial charge is 0.370 e. The number of hydrogen-bond donors (Lipinski definition) is 4. The van der Waals surface area contributed by atoms with Crippen LogP contribution in [0.2, 0.25) is 0 Å². The van der Waals surface area contributed by atoms with Crippen molar-refractivity contribution < 1.29 is 0 Å². The van der Waals surface area contributed by atoms with Crippen molar-refractivity contribution in [3.63, 3.8) is 0 Å². The molecule has 0 radical (unpaired) electrons. The fourth-order valence-corrected chi connectivity index (χ4v) is 0.821. The number of unbranched alkanes of at least 4 members (excludes halogenated alkanes) is 2. The summed E-state index contributed by atoms with van der Waals surface area (Å²) in [4.78, 5) is 1.30. The maximum atomic E-state index is 7.45. The number of rotatable bonds is 4. The molecule has 0 bridgehead atoms. The highest BCUT2D eigenvalue weighted by molar-refractivity contribution is 5.94. The third kappa shape index (κ3) is 5.05. The van der Waals surface area contributed by atoms with E-state index in [0.717, 1.165) is 25.8 Å². The fraction of sp³-hybridized carbons (Fsp3) is 0.750. The zero-order valence-electron chi connectivity index (χ0n) is 8.35. The SMILES string of the molecule is CCCCCNC(=N)N(C)C(=N)N. The van der Waals surface area contributed by atoms with E-state index in [1.54, 1.807) is 7.05 Å². The van der Waals surface area contributed by atoms with Gasteiger partial charge in [-0.1, -0.05) is 19.8 Å². The highest BCUT2D eigenvalue weighted by Gasteiger charge is 2.04. The van der Waals surface area contributed by atoms with Gasteiger partial charge in [0.1, 0.15) is 0 Å². The quantitative estimate of drug-likeness (QED) is 0.292. The summed E-state index contributed by atoms with van der Waals surface area (Å²) < 4.78 is 0.